The van der Waals surface area contributed by atoms with Gasteiger partial charge < -0.3 is 24.7 Å². The molecule has 2 N–H and O–H groups in total. The molecule has 0 aliphatic carbocycles. The molecule has 1 saturated heterocycles. The minimum atomic E-state index is -0.0699. The van der Waals surface area contributed by atoms with E-state index in [1.54, 1.807) is 14.2 Å². The molecular weight excluding hydrogens is 392 g/mol. The van der Waals surface area contributed by atoms with Crippen molar-refractivity contribution in [3.05, 3.63) is 54.2 Å². The highest BCUT2D eigenvalue weighted by atomic mass is 16.5. The van der Waals surface area contributed by atoms with Gasteiger partial charge in [0.2, 0.25) is 0 Å². The number of hydrogen-bond acceptors (Lipinski definition) is 5. The van der Waals surface area contributed by atoms with Gasteiger partial charge in [-0.2, -0.15) is 0 Å². The van der Waals surface area contributed by atoms with Gasteiger partial charge in [0.15, 0.2) is 0 Å². The first-order chi connectivity index (χ1) is 15.2. The van der Waals surface area contributed by atoms with Gasteiger partial charge >= 0.3 is 0 Å². The molecule has 0 saturated carbocycles. The largest absolute Gasteiger partial charge is 0.497 e. The maximum absolute atomic E-state index is 12.5. The number of aromatic nitrogens is 1. The number of piperazine rings is 1. The number of rotatable bonds is 8. The number of H-pyrrole nitrogens is 1. The topological polar surface area (TPSA) is 69.8 Å². The van der Waals surface area contributed by atoms with Gasteiger partial charge in [-0.05, 0) is 55.4 Å². The molecule has 7 heteroatoms. The molecule has 31 heavy (non-hydrogen) atoms. The smallest absolute Gasteiger partial charge is 0.267 e. The maximum atomic E-state index is 12.5. The number of benzene rings is 2. The second-order valence-electron chi connectivity index (χ2n) is 7.77. The van der Waals surface area contributed by atoms with Crippen LogP contribution in [0.15, 0.2) is 48.5 Å². The Morgan fingerprint density at radius 1 is 0.968 bits per heavy atom. The summed E-state index contributed by atoms with van der Waals surface area (Å²) in [6, 6.07) is 15.9. The standard InChI is InChI=1S/C24H30N4O3/c1-30-20-8-5-19(6-9-20)28-14-12-27(13-15-28)11-3-10-25-24(29)23-16-18-4-7-21(31-2)17-22(18)26-23/h4-9,16-17,26H,3,10-15H2,1-2H3,(H,25,29). The maximum Gasteiger partial charge on any atom is 0.267 e. The van der Waals surface area contributed by atoms with Gasteiger partial charge in [-0.1, -0.05) is 0 Å². The van der Waals surface area contributed by atoms with Crippen molar-refractivity contribution < 1.29 is 14.3 Å². The van der Waals surface area contributed by atoms with Crippen LogP contribution in [0.5, 0.6) is 11.5 Å². The SMILES string of the molecule is COc1ccc(N2CCN(CCCNC(=O)c3cc4ccc(OC)cc4[nH]3)CC2)cc1. The average Bonchev–Trinajstić information content (AvgIpc) is 3.25. The normalized spacial score (nSPS) is 14.6. The Balaban J connectivity index is 1.18. The predicted molar refractivity (Wildman–Crippen MR) is 123 cm³/mol. The molecule has 1 aromatic heterocycles. The Bertz CT molecular complexity index is 1010. The molecule has 0 spiro atoms. The molecule has 1 aliphatic heterocycles. The third-order valence-corrected chi connectivity index (χ3v) is 5.82. The van der Waals surface area contributed by atoms with Crippen molar-refractivity contribution >= 4 is 22.5 Å². The van der Waals surface area contributed by atoms with E-state index in [9.17, 15) is 4.79 Å². The number of fused-ring (bicyclic) bond motifs is 1. The van der Waals surface area contributed by atoms with Gasteiger partial charge in [-0.15, -0.1) is 0 Å². The van der Waals surface area contributed by atoms with Crippen LogP contribution < -0.4 is 19.7 Å². The molecule has 2 heterocycles. The van der Waals surface area contributed by atoms with Crippen molar-refractivity contribution in [2.45, 2.75) is 6.42 Å². The molecule has 2 aromatic carbocycles. The molecule has 1 amide bonds. The van der Waals surface area contributed by atoms with Crippen LogP contribution in [0.2, 0.25) is 0 Å². The van der Waals surface area contributed by atoms with Crippen LogP contribution in [0.4, 0.5) is 5.69 Å². The number of methoxy groups -OCH3 is 2. The van der Waals surface area contributed by atoms with Crippen molar-refractivity contribution in [2.75, 3.05) is 58.4 Å². The minimum absolute atomic E-state index is 0.0699. The van der Waals surface area contributed by atoms with Gasteiger partial charge in [0, 0.05) is 55.4 Å². The second-order valence-corrected chi connectivity index (χ2v) is 7.77. The third-order valence-electron chi connectivity index (χ3n) is 5.82. The lowest BCUT2D eigenvalue weighted by atomic mass is 10.2. The zero-order chi connectivity index (χ0) is 21.6. The number of anilines is 1. The van der Waals surface area contributed by atoms with Gasteiger partial charge in [0.25, 0.3) is 5.91 Å². The van der Waals surface area contributed by atoms with E-state index in [1.165, 1.54) is 5.69 Å². The monoisotopic (exact) mass is 422 g/mol. The molecule has 3 aromatic rings. The van der Waals surface area contributed by atoms with Crippen molar-refractivity contribution in [1.82, 2.24) is 15.2 Å². The summed E-state index contributed by atoms with van der Waals surface area (Å²) in [4.78, 5) is 20.5. The molecule has 0 unspecified atom stereocenters. The summed E-state index contributed by atoms with van der Waals surface area (Å²) in [6.07, 6.45) is 0.933. The lowest BCUT2D eigenvalue weighted by molar-refractivity contribution is 0.0947. The predicted octanol–water partition coefficient (Wildman–Crippen LogP) is 3.13. The zero-order valence-corrected chi connectivity index (χ0v) is 18.2. The molecule has 7 nitrogen and oxygen atoms in total. The Kier molecular flexibility index (Phi) is 6.62. The number of ether oxygens (including phenoxy) is 2. The zero-order valence-electron chi connectivity index (χ0n) is 18.2. The van der Waals surface area contributed by atoms with Crippen LogP contribution in [-0.2, 0) is 0 Å². The van der Waals surface area contributed by atoms with Crippen molar-refractivity contribution in [2.24, 2.45) is 0 Å². The van der Waals surface area contributed by atoms with Gasteiger partial charge in [-0.3, -0.25) is 9.69 Å². The van der Waals surface area contributed by atoms with E-state index in [0.717, 1.165) is 61.5 Å². The molecule has 1 fully saturated rings. The fourth-order valence-electron chi connectivity index (χ4n) is 3.98. The van der Waals surface area contributed by atoms with Crippen LogP contribution in [0.1, 0.15) is 16.9 Å². The number of carbonyl (C=O) groups is 1. The molecule has 4 rings (SSSR count). The van der Waals surface area contributed by atoms with E-state index in [0.29, 0.717) is 12.2 Å². The average molecular weight is 423 g/mol. The van der Waals surface area contributed by atoms with E-state index in [-0.39, 0.29) is 5.91 Å². The number of hydrogen-bond donors (Lipinski definition) is 2. The molecule has 1 aliphatic rings. The molecular formula is C24H30N4O3. The van der Waals surface area contributed by atoms with E-state index < -0.39 is 0 Å². The highest BCUT2D eigenvalue weighted by Crippen LogP contribution is 2.22. The van der Waals surface area contributed by atoms with Crippen molar-refractivity contribution in [3.63, 3.8) is 0 Å². The molecule has 0 bridgehead atoms. The highest BCUT2D eigenvalue weighted by molar-refractivity contribution is 5.98. The van der Waals surface area contributed by atoms with Crippen LogP contribution in [0.3, 0.4) is 0 Å². The van der Waals surface area contributed by atoms with Crippen LogP contribution >= 0.6 is 0 Å². The summed E-state index contributed by atoms with van der Waals surface area (Å²) in [7, 11) is 3.32. The Hall–Kier alpha value is -3.19. The molecule has 164 valence electrons. The quantitative estimate of drug-likeness (QED) is 0.546. The van der Waals surface area contributed by atoms with E-state index in [4.69, 9.17) is 9.47 Å². The number of nitrogens with one attached hydrogen (secondary N) is 2. The fraction of sp³-hybridized carbons (Fsp3) is 0.375. The number of nitrogens with zero attached hydrogens (tertiary/aromatic N) is 2. The summed E-state index contributed by atoms with van der Waals surface area (Å²) in [5.74, 6) is 1.59. The van der Waals surface area contributed by atoms with Crippen molar-refractivity contribution in [1.29, 1.82) is 0 Å². The lowest BCUT2D eigenvalue weighted by Gasteiger charge is -2.36. The summed E-state index contributed by atoms with van der Waals surface area (Å²) in [5, 5.41) is 4.02. The van der Waals surface area contributed by atoms with Crippen LogP contribution in [-0.4, -0.2) is 69.3 Å². The number of aromatic amines is 1. The fourth-order valence-corrected chi connectivity index (χ4v) is 3.98. The second kappa shape index (κ2) is 9.75. The first-order valence-corrected chi connectivity index (χ1v) is 10.7. The van der Waals surface area contributed by atoms with E-state index in [2.05, 4.69) is 32.2 Å². The lowest BCUT2D eigenvalue weighted by Crippen LogP contribution is -2.47. The third kappa shape index (κ3) is 5.11. The Morgan fingerprint density at radius 3 is 2.39 bits per heavy atom. The van der Waals surface area contributed by atoms with Crippen molar-refractivity contribution in [3.8, 4) is 11.5 Å². The van der Waals surface area contributed by atoms with Gasteiger partial charge in [0.05, 0.1) is 14.2 Å². The first kappa shape index (κ1) is 21.1. The van der Waals surface area contributed by atoms with Crippen LogP contribution in [0, 0.1) is 0 Å². The Labute approximate surface area is 182 Å². The Morgan fingerprint density at radius 2 is 1.68 bits per heavy atom. The molecule has 0 atom stereocenters. The van der Waals surface area contributed by atoms with E-state index in [1.807, 2.05) is 36.4 Å². The van der Waals surface area contributed by atoms with E-state index >= 15 is 0 Å². The molecule has 0 radical (unpaired) electrons. The minimum Gasteiger partial charge on any atom is -0.497 e. The van der Waals surface area contributed by atoms with Crippen LogP contribution in [0.25, 0.3) is 10.9 Å². The summed E-state index contributed by atoms with van der Waals surface area (Å²) in [5.41, 5.74) is 2.72. The highest BCUT2D eigenvalue weighted by Gasteiger charge is 2.17. The summed E-state index contributed by atoms with van der Waals surface area (Å²) in [6.45, 7) is 5.74. The summed E-state index contributed by atoms with van der Waals surface area (Å²) < 4.78 is 10.5. The number of carbonyl (C=O) groups excluding carboxylic acids is 1. The summed E-state index contributed by atoms with van der Waals surface area (Å²) >= 11 is 0. The van der Waals surface area contributed by atoms with Gasteiger partial charge in [0.1, 0.15) is 17.2 Å². The number of amides is 1. The van der Waals surface area contributed by atoms with Gasteiger partial charge in [-0.25, -0.2) is 0 Å². The first-order valence-electron chi connectivity index (χ1n) is 10.7.